The van der Waals surface area contributed by atoms with Gasteiger partial charge >= 0.3 is 0 Å². The van der Waals surface area contributed by atoms with E-state index in [9.17, 15) is 0 Å². The summed E-state index contributed by atoms with van der Waals surface area (Å²) in [5, 5.41) is 7.58. The number of benzene rings is 7. The van der Waals surface area contributed by atoms with Gasteiger partial charge in [0.05, 0.1) is 22.6 Å². The molecule has 0 N–H and O–H groups in total. The molecule has 58 heavy (non-hydrogen) atoms. The lowest BCUT2D eigenvalue weighted by Crippen LogP contribution is -2.77. The first-order valence-electron chi connectivity index (χ1n) is 19.6. The molecule has 0 fully saturated rings. The molecule has 0 amide bonds. The molecule has 0 spiro atoms. The fraction of sp³-hybridized carbons (Fsp3) is 0. The van der Waals surface area contributed by atoms with Crippen molar-refractivity contribution in [2.45, 2.75) is 0 Å². The molecule has 0 bridgehead atoms. The van der Waals surface area contributed by atoms with Crippen LogP contribution in [0.25, 0.3) is 38.9 Å². The fourth-order valence-corrected chi connectivity index (χ4v) is 14.1. The molecule has 0 unspecified atom stereocenters. The maximum atomic E-state index is 6.64. The summed E-state index contributed by atoms with van der Waals surface area (Å²) in [6, 6.07) is 73.6. The Labute approximate surface area is 337 Å². The van der Waals surface area contributed by atoms with Crippen LogP contribution in [-0.4, -0.2) is 22.6 Å². The normalized spacial score (nSPS) is 12.9. The number of fused-ring (bicyclic) bond motifs is 6. The van der Waals surface area contributed by atoms with E-state index in [2.05, 4.69) is 172 Å². The molecule has 0 atom stereocenters. The predicted octanol–water partition coefficient (Wildman–Crippen LogP) is 10.2. The van der Waals surface area contributed by atoms with Crippen LogP contribution in [0.15, 0.2) is 219 Å². The van der Waals surface area contributed by atoms with Gasteiger partial charge in [-0.2, -0.15) is 0 Å². The van der Waals surface area contributed by atoms with Crippen molar-refractivity contribution in [1.82, 2.24) is 14.5 Å². The van der Waals surface area contributed by atoms with Crippen LogP contribution < -0.4 is 30.4 Å². The monoisotopic (exact) mass is 760 g/mol. The summed E-state index contributed by atoms with van der Waals surface area (Å²) < 4.78 is 8.98. The first-order chi connectivity index (χ1) is 28.8. The number of hydrogen-bond donors (Lipinski definition) is 0. The van der Waals surface area contributed by atoms with Gasteiger partial charge in [0, 0.05) is 46.2 Å². The highest BCUT2D eigenvalue weighted by atomic mass is 28.3. The summed E-state index contributed by atoms with van der Waals surface area (Å²) in [4.78, 5) is 12.2. The molecular weight excluding hydrogens is 725 g/mol. The first-order valence-corrected chi connectivity index (χ1v) is 21.6. The molecule has 274 valence electrons. The minimum Gasteiger partial charge on any atom is -0.457 e. The van der Waals surface area contributed by atoms with Gasteiger partial charge in [-0.3, -0.25) is 9.55 Å². The molecule has 10 aromatic rings. The molecule has 3 aromatic heterocycles. The van der Waals surface area contributed by atoms with Crippen LogP contribution in [0.3, 0.4) is 0 Å². The van der Waals surface area contributed by atoms with Crippen LogP contribution in [0.1, 0.15) is 0 Å². The summed E-state index contributed by atoms with van der Waals surface area (Å²) in [7, 11) is -2.94. The second kappa shape index (κ2) is 13.9. The Bertz CT molecular complexity index is 3060. The van der Waals surface area contributed by atoms with E-state index in [0.717, 1.165) is 61.8 Å². The lowest BCUT2D eigenvalue weighted by Gasteiger charge is -2.45. The third-order valence-corrected chi connectivity index (χ3v) is 16.2. The molecular formula is C52H36N4OSi. The van der Waals surface area contributed by atoms with Crippen molar-refractivity contribution in [2.75, 3.05) is 4.90 Å². The summed E-state index contributed by atoms with van der Waals surface area (Å²) in [6.45, 7) is 0. The van der Waals surface area contributed by atoms with Crippen LogP contribution in [0.4, 0.5) is 17.1 Å². The number of anilines is 3. The van der Waals surface area contributed by atoms with Crippen LogP contribution in [0.2, 0.25) is 0 Å². The van der Waals surface area contributed by atoms with Crippen LogP contribution in [-0.2, 0) is 0 Å². The molecule has 5 nitrogen and oxygen atoms in total. The van der Waals surface area contributed by atoms with Crippen molar-refractivity contribution in [3.63, 3.8) is 0 Å². The second-order valence-corrected chi connectivity index (χ2v) is 18.3. The number of rotatable bonds is 7. The Morgan fingerprint density at radius 2 is 1.10 bits per heavy atom. The van der Waals surface area contributed by atoms with E-state index in [1.807, 2.05) is 60.9 Å². The highest BCUT2D eigenvalue weighted by Crippen LogP contribution is 2.45. The van der Waals surface area contributed by atoms with Crippen molar-refractivity contribution in [3.05, 3.63) is 219 Å². The van der Waals surface area contributed by atoms with E-state index in [1.165, 1.54) is 26.4 Å². The topological polar surface area (TPSA) is 43.2 Å². The Hall–Kier alpha value is -7.54. The van der Waals surface area contributed by atoms with E-state index >= 15 is 0 Å². The maximum Gasteiger partial charge on any atom is 0.184 e. The lowest BCUT2D eigenvalue weighted by molar-refractivity contribution is 0.482. The molecule has 4 heterocycles. The average Bonchev–Trinajstić information content (AvgIpc) is 3.64. The highest BCUT2D eigenvalue weighted by Gasteiger charge is 2.49. The number of ether oxygens (including phenoxy) is 1. The Balaban J connectivity index is 1.22. The van der Waals surface area contributed by atoms with Gasteiger partial charge in [0.1, 0.15) is 17.1 Å². The number of hydrogen-bond acceptors (Lipinski definition) is 4. The zero-order valence-corrected chi connectivity index (χ0v) is 32.5. The number of pyridine rings is 2. The van der Waals surface area contributed by atoms with Gasteiger partial charge in [0.25, 0.3) is 0 Å². The third kappa shape index (κ3) is 5.30. The molecule has 11 rings (SSSR count). The SMILES string of the molecule is c1ccc(N2c3ccccc3[Si](c3ccccc3)(c3ccccc3)c3ccc4c5cccnc5n(-c5cccc(Oc6cccc(-c7ccccn7)c6)c5)c4c32)cc1. The van der Waals surface area contributed by atoms with Crippen LogP contribution in [0.5, 0.6) is 11.5 Å². The van der Waals surface area contributed by atoms with E-state index < -0.39 is 8.07 Å². The second-order valence-electron chi connectivity index (χ2n) is 14.6. The molecule has 7 aromatic carbocycles. The van der Waals surface area contributed by atoms with Gasteiger partial charge in [-0.1, -0.05) is 133 Å². The van der Waals surface area contributed by atoms with Crippen molar-refractivity contribution >= 4 is 67.8 Å². The van der Waals surface area contributed by atoms with Crippen molar-refractivity contribution < 1.29 is 4.74 Å². The molecule has 0 saturated carbocycles. The minimum atomic E-state index is -2.94. The molecule has 0 saturated heterocycles. The maximum absolute atomic E-state index is 6.64. The quantitative estimate of drug-likeness (QED) is 0.152. The standard InChI is InChI=1S/C52H36N4OSi/c1-4-18-38(19-5-1)55-47-29-10-11-30-48(47)58(42-23-6-2-7-24-42,43-25-8-3-9-26-43)49-32-31-44-45-27-16-34-54-52(45)56(50(44)51(49)55)39-20-15-22-41(36-39)57-40-21-14-17-37(35-40)46-28-12-13-33-53-46/h1-36H. The van der Waals surface area contributed by atoms with Gasteiger partial charge in [-0.05, 0) is 87.5 Å². The van der Waals surface area contributed by atoms with E-state index in [0.29, 0.717) is 0 Å². The van der Waals surface area contributed by atoms with E-state index in [-0.39, 0.29) is 0 Å². The van der Waals surface area contributed by atoms with Gasteiger partial charge in [0.2, 0.25) is 0 Å². The van der Waals surface area contributed by atoms with Gasteiger partial charge < -0.3 is 9.64 Å². The van der Waals surface area contributed by atoms with Crippen LogP contribution >= 0.6 is 0 Å². The smallest absolute Gasteiger partial charge is 0.184 e. The van der Waals surface area contributed by atoms with Crippen molar-refractivity contribution in [1.29, 1.82) is 0 Å². The summed E-state index contributed by atoms with van der Waals surface area (Å²) in [5.41, 5.74) is 8.29. The molecule has 1 aliphatic heterocycles. The molecule has 1 aliphatic rings. The van der Waals surface area contributed by atoms with Gasteiger partial charge in [-0.15, -0.1) is 0 Å². The largest absolute Gasteiger partial charge is 0.457 e. The summed E-state index contributed by atoms with van der Waals surface area (Å²) in [6.07, 6.45) is 3.71. The van der Waals surface area contributed by atoms with Gasteiger partial charge in [-0.25, -0.2) is 4.98 Å². The lowest BCUT2D eigenvalue weighted by atomic mass is 10.1. The molecule has 6 heteroatoms. The predicted molar refractivity (Wildman–Crippen MR) is 240 cm³/mol. The fourth-order valence-electron chi connectivity index (χ4n) is 9.03. The van der Waals surface area contributed by atoms with Crippen molar-refractivity contribution in [2.24, 2.45) is 0 Å². The summed E-state index contributed by atoms with van der Waals surface area (Å²) in [5.74, 6) is 1.47. The number of para-hydroxylation sites is 2. The zero-order chi connectivity index (χ0) is 38.5. The molecule has 0 aliphatic carbocycles. The first kappa shape index (κ1) is 33.8. The van der Waals surface area contributed by atoms with Gasteiger partial charge in [0.15, 0.2) is 8.07 Å². The highest BCUT2D eigenvalue weighted by molar-refractivity contribution is 7.21. The van der Waals surface area contributed by atoms with Crippen LogP contribution in [0, 0.1) is 0 Å². The number of aromatic nitrogens is 3. The number of nitrogens with zero attached hydrogens (tertiary/aromatic N) is 4. The molecule has 0 radical (unpaired) electrons. The zero-order valence-electron chi connectivity index (χ0n) is 31.5. The average molecular weight is 761 g/mol. The minimum absolute atomic E-state index is 0.731. The summed E-state index contributed by atoms with van der Waals surface area (Å²) >= 11 is 0. The third-order valence-electron chi connectivity index (χ3n) is 11.4. The Morgan fingerprint density at radius 1 is 0.448 bits per heavy atom. The Kier molecular flexibility index (Phi) is 8.08. The van der Waals surface area contributed by atoms with E-state index in [4.69, 9.17) is 9.72 Å². The van der Waals surface area contributed by atoms with Crippen molar-refractivity contribution in [3.8, 4) is 28.4 Å². The van der Waals surface area contributed by atoms with E-state index in [1.54, 1.807) is 0 Å². The Morgan fingerprint density at radius 3 is 1.86 bits per heavy atom.